The van der Waals surface area contributed by atoms with Gasteiger partial charge in [0, 0.05) is 64.1 Å². The number of nitrogens with zero attached hydrogens (tertiary/aromatic N) is 2. The van der Waals surface area contributed by atoms with E-state index < -0.39 is 0 Å². The highest BCUT2D eigenvalue weighted by molar-refractivity contribution is 7.26. The molecule has 0 amide bonds. The Hall–Kier alpha value is -5.94. The summed E-state index contributed by atoms with van der Waals surface area (Å²) in [6, 6.07) is 66.1. The summed E-state index contributed by atoms with van der Waals surface area (Å²) in [5, 5.41) is 7.71. The van der Waals surface area contributed by atoms with Gasteiger partial charge in [-0.1, -0.05) is 109 Å². The van der Waals surface area contributed by atoms with Crippen LogP contribution in [0, 0.1) is 0 Å². The van der Waals surface area contributed by atoms with Gasteiger partial charge in [0.05, 0.1) is 10.4 Å². The van der Waals surface area contributed by atoms with E-state index in [2.05, 4.69) is 192 Å². The molecule has 0 spiro atoms. The molecule has 2 nitrogen and oxygen atoms in total. The van der Waals surface area contributed by atoms with Crippen LogP contribution in [-0.2, 0) is 0 Å². The molecule has 4 heteroatoms. The van der Waals surface area contributed by atoms with E-state index in [1.54, 1.807) is 0 Å². The summed E-state index contributed by atoms with van der Waals surface area (Å²) >= 11 is 3.75. The molecule has 0 fully saturated rings. The van der Waals surface area contributed by atoms with Gasteiger partial charge in [0.15, 0.2) is 0 Å². The van der Waals surface area contributed by atoms with Gasteiger partial charge in [0.1, 0.15) is 0 Å². The molecular formula is C46H30N2S2. The van der Waals surface area contributed by atoms with Crippen molar-refractivity contribution in [1.29, 1.82) is 0 Å². The molecule has 50 heavy (non-hydrogen) atoms. The van der Waals surface area contributed by atoms with Crippen LogP contribution in [0.25, 0.3) is 51.1 Å². The van der Waals surface area contributed by atoms with Crippen molar-refractivity contribution in [2.45, 2.75) is 0 Å². The Kier molecular flexibility index (Phi) is 6.90. The van der Waals surface area contributed by atoms with Gasteiger partial charge in [0.2, 0.25) is 0 Å². The fraction of sp³-hybridized carbons (Fsp3) is 0. The smallest absolute Gasteiger partial charge is 0.0661 e. The summed E-state index contributed by atoms with van der Waals surface area (Å²) in [6.07, 6.45) is 0. The van der Waals surface area contributed by atoms with Gasteiger partial charge in [-0.2, -0.15) is 0 Å². The van der Waals surface area contributed by atoms with Gasteiger partial charge in [-0.15, -0.1) is 22.7 Å². The highest BCUT2D eigenvalue weighted by atomic mass is 32.1. The average molecular weight is 675 g/mol. The molecule has 0 radical (unpaired) electrons. The molecule has 10 rings (SSSR count). The zero-order valence-corrected chi connectivity index (χ0v) is 28.7. The normalized spacial score (nSPS) is 11.6. The first-order valence-corrected chi connectivity index (χ1v) is 18.5. The Morgan fingerprint density at radius 1 is 0.320 bits per heavy atom. The lowest BCUT2D eigenvalue weighted by Gasteiger charge is -2.30. The van der Waals surface area contributed by atoms with E-state index in [0.29, 0.717) is 0 Å². The van der Waals surface area contributed by atoms with Crippen LogP contribution in [-0.4, -0.2) is 0 Å². The highest BCUT2D eigenvalue weighted by Crippen LogP contribution is 2.50. The molecule has 0 atom stereocenters. The third kappa shape index (κ3) is 4.76. The third-order valence-electron chi connectivity index (χ3n) is 9.59. The molecular weight excluding hydrogens is 645 g/mol. The Morgan fingerprint density at radius 3 is 1.64 bits per heavy atom. The van der Waals surface area contributed by atoms with Gasteiger partial charge in [-0.3, -0.25) is 0 Å². The molecule has 8 aromatic carbocycles. The maximum atomic E-state index is 2.46. The van der Waals surface area contributed by atoms with E-state index in [0.717, 1.165) is 34.1 Å². The number of benzene rings is 8. The van der Waals surface area contributed by atoms with Gasteiger partial charge in [0.25, 0.3) is 0 Å². The second kappa shape index (κ2) is 11.9. The van der Waals surface area contributed by atoms with Crippen molar-refractivity contribution in [2.24, 2.45) is 0 Å². The Labute approximate surface area is 298 Å². The summed E-state index contributed by atoms with van der Waals surface area (Å²) < 4.78 is 5.15. The number of thiophene rings is 2. The molecule has 0 N–H and O–H groups in total. The molecule has 0 saturated heterocycles. The zero-order chi connectivity index (χ0) is 33.0. The SMILES string of the molecule is c1ccc(N(c2ccccc2)c2cc(N(c3ccccc3)c3ccc4c(c3)sc3ccccc34)c3sc4ccc5ccccc5c4c3c2)cc1. The van der Waals surface area contributed by atoms with E-state index in [1.807, 2.05) is 22.7 Å². The largest absolute Gasteiger partial charge is 0.310 e. The van der Waals surface area contributed by atoms with Crippen molar-refractivity contribution >= 4 is 108 Å². The fourth-order valence-electron chi connectivity index (χ4n) is 7.37. The predicted molar refractivity (Wildman–Crippen MR) is 219 cm³/mol. The highest BCUT2D eigenvalue weighted by Gasteiger charge is 2.23. The number of hydrogen-bond acceptors (Lipinski definition) is 4. The number of hydrogen-bond donors (Lipinski definition) is 0. The lowest BCUT2D eigenvalue weighted by molar-refractivity contribution is 1.27. The van der Waals surface area contributed by atoms with Gasteiger partial charge in [-0.05, 0) is 83.6 Å². The van der Waals surface area contributed by atoms with E-state index >= 15 is 0 Å². The van der Waals surface area contributed by atoms with E-state index in [-0.39, 0.29) is 0 Å². The van der Waals surface area contributed by atoms with Crippen LogP contribution >= 0.6 is 22.7 Å². The predicted octanol–water partition coefficient (Wildman–Crippen LogP) is 14.5. The van der Waals surface area contributed by atoms with Crippen molar-refractivity contribution in [2.75, 3.05) is 9.80 Å². The van der Waals surface area contributed by atoms with Gasteiger partial charge >= 0.3 is 0 Å². The molecule has 0 saturated carbocycles. The number of anilines is 6. The summed E-state index contributed by atoms with van der Waals surface area (Å²) in [6.45, 7) is 0. The molecule has 10 aromatic rings. The minimum Gasteiger partial charge on any atom is -0.310 e. The molecule has 0 aliphatic carbocycles. The molecule has 2 heterocycles. The first-order chi connectivity index (χ1) is 24.8. The zero-order valence-electron chi connectivity index (χ0n) is 27.0. The first kappa shape index (κ1) is 29.0. The topological polar surface area (TPSA) is 6.48 Å². The van der Waals surface area contributed by atoms with E-state index in [1.165, 1.54) is 51.1 Å². The van der Waals surface area contributed by atoms with Crippen LogP contribution in [0.15, 0.2) is 182 Å². The number of rotatable bonds is 6. The van der Waals surface area contributed by atoms with Crippen molar-refractivity contribution in [1.82, 2.24) is 0 Å². The lowest BCUT2D eigenvalue weighted by Crippen LogP contribution is -2.13. The van der Waals surface area contributed by atoms with Crippen LogP contribution in [0.3, 0.4) is 0 Å². The Morgan fingerprint density at radius 2 is 0.920 bits per heavy atom. The molecule has 0 aliphatic rings. The molecule has 0 aliphatic heterocycles. The standard InChI is InChI=1S/C46H30N2S2/c1-4-15-32(16-5-1)47(33-17-6-2-7-18-33)36-28-40-45-37-21-11-10-14-31(37)24-27-43(45)50-46(40)41(29-36)48(34-19-8-3-9-20-34)35-25-26-39-38-22-12-13-23-42(38)49-44(39)30-35/h1-30H. The van der Waals surface area contributed by atoms with Crippen LogP contribution in [0.2, 0.25) is 0 Å². The summed E-state index contributed by atoms with van der Waals surface area (Å²) in [5.41, 5.74) is 6.77. The maximum absolute atomic E-state index is 2.46. The Balaban J connectivity index is 1.32. The monoisotopic (exact) mass is 674 g/mol. The maximum Gasteiger partial charge on any atom is 0.0661 e. The van der Waals surface area contributed by atoms with Crippen LogP contribution in [0.5, 0.6) is 0 Å². The number of fused-ring (bicyclic) bond motifs is 8. The Bertz CT molecular complexity index is 2780. The van der Waals surface area contributed by atoms with E-state index in [4.69, 9.17) is 0 Å². The third-order valence-corrected chi connectivity index (χ3v) is 11.9. The van der Waals surface area contributed by atoms with Gasteiger partial charge < -0.3 is 9.80 Å². The lowest BCUT2D eigenvalue weighted by atomic mass is 10.0. The molecule has 0 bridgehead atoms. The van der Waals surface area contributed by atoms with Gasteiger partial charge in [-0.25, -0.2) is 0 Å². The minimum absolute atomic E-state index is 1.11. The molecule has 0 unspecified atom stereocenters. The number of para-hydroxylation sites is 3. The van der Waals surface area contributed by atoms with Crippen molar-refractivity contribution in [3.63, 3.8) is 0 Å². The van der Waals surface area contributed by atoms with Crippen LogP contribution < -0.4 is 9.80 Å². The summed E-state index contributed by atoms with van der Waals surface area (Å²) in [4.78, 5) is 4.84. The second-order valence-corrected chi connectivity index (χ2v) is 14.7. The summed E-state index contributed by atoms with van der Waals surface area (Å²) in [7, 11) is 0. The molecule has 236 valence electrons. The van der Waals surface area contributed by atoms with Crippen molar-refractivity contribution in [3.05, 3.63) is 182 Å². The fourth-order valence-corrected chi connectivity index (χ4v) is 9.71. The average Bonchev–Trinajstić information content (AvgIpc) is 3.75. The second-order valence-electron chi connectivity index (χ2n) is 12.6. The van der Waals surface area contributed by atoms with Crippen LogP contribution in [0.1, 0.15) is 0 Å². The van der Waals surface area contributed by atoms with Crippen molar-refractivity contribution in [3.8, 4) is 0 Å². The molecule has 2 aromatic heterocycles. The van der Waals surface area contributed by atoms with Crippen molar-refractivity contribution < 1.29 is 0 Å². The first-order valence-electron chi connectivity index (χ1n) is 16.8. The van der Waals surface area contributed by atoms with Crippen LogP contribution in [0.4, 0.5) is 34.1 Å². The van der Waals surface area contributed by atoms with E-state index in [9.17, 15) is 0 Å². The minimum atomic E-state index is 1.11. The summed E-state index contributed by atoms with van der Waals surface area (Å²) in [5.74, 6) is 0. The quantitative estimate of drug-likeness (QED) is 0.173.